The van der Waals surface area contributed by atoms with Crippen molar-refractivity contribution in [2.24, 2.45) is 11.1 Å². The van der Waals surface area contributed by atoms with Crippen molar-refractivity contribution in [2.45, 2.75) is 46.1 Å². The van der Waals surface area contributed by atoms with Crippen molar-refractivity contribution in [3.05, 3.63) is 77.4 Å². The number of hydrogen-bond acceptors (Lipinski definition) is 6. The van der Waals surface area contributed by atoms with Crippen LogP contribution in [0.25, 0.3) is 21.8 Å². The lowest BCUT2D eigenvalue weighted by Crippen LogP contribution is -2.23. The topological polar surface area (TPSA) is 98.0 Å². The Bertz CT molecular complexity index is 1560. The normalized spacial score (nSPS) is 14.4. The van der Waals surface area contributed by atoms with Crippen LogP contribution < -0.4 is 0 Å². The molecule has 0 saturated heterocycles. The van der Waals surface area contributed by atoms with Gasteiger partial charge in [0.1, 0.15) is 11.5 Å². The van der Waals surface area contributed by atoms with Crippen LogP contribution in [0.15, 0.2) is 65.8 Å². The third-order valence-electron chi connectivity index (χ3n) is 7.08. The zero-order valence-electron chi connectivity index (χ0n) is 20.9. The number of ketones is 2. The molecule has 7 nitrogen and oxygen atoms in total. The van der Waals surface area contributed by atoms with Crippen LogP contribution in [-0.4, -0.2) is 32.9 Å². The maximum Gasteiger partial charge on any atom is 0.331 e. The number of rotatable bonds is 7. The molecule has 0 unspecified atom stereocenters. The van der Waals surface area contributed by atoms with Crippen LogP contribution in [0.5, 0.6) is 5.75 Å². The molecule has 1 aliphatic rings. The molecule has 4 aromatic rings. The van der Waals surface area contributed by atoms with Gasteiger partial charge in [0.2, 0.25) is 5.78 Å². The molecule has 0 amide bonds. The quantitative estimate of drug-likeness (QED) is 0.146. The minimum atomic E-state index is -0.560. The van der Waals surface area contributed by atoms with E-state index >= 15 is 0 Å². The predicted molar refractivity (Wildman–Crippen MR) is 142 cm³/mol. The lowest BCUT2D eigenvalue weighted by molar-refractivity contribution is -0.140. The Balaban J connectivity index is 1.60. The number of nitrogens with zero attached hydrogens (tertiary/aromatic N) is 2. The van der Waals surface area contributed by atoms with Crippen molar-refractivity contribution in [2.75, 3.05) is 0 Å². The maximum atomic E-state index is 13.6. The number of phenolic OH excluding ortho intramolecular Hbond substituents is 1. The Morgan fingerprint density at radius 2 is 1.46 bits per heavy atom. The van der Waals surface area contributed by atoms with Gasteiger partial charge in [-0.1, -0.05) is 18.0 Å². The van der Waals surface area contributed by atoms with Gasteiger partial charge in [0.25, 0.3) is 0 Å². The number of aromatic nitrogens is 1. The zero-order chi connectivity index (χ0) is 26.1. The van der Waals surface area contributed by atoms with Crippen LogP contribution in [0.1, 0.15) is 65.8 Å². The van der Waals surface area contributed by atoms with E-state index in [1.807, 2.05) is 24.3 Å². The number of benzene rings is 3. The van der Waals surface area contributed by atoms with Gasteiger partial charge in [-0.3, -0.25) is 9.59 Å². The predicted octanol–water partition coefficient (Wildman–Crippen LogP) is 6.04. The number of Topliss-reactive ketones (excluding diaryl/α,β-unsaturated/α-hetero) is 1. The molecule has 0 aliphatic heterocycles. The summed E-state index contributed by atoms with van der Waals surface area (Å²) in [6.45, 7) is 4.04. The molecule has 188 valence electrons. The molecule has 1 heterocycles. The number of fused-ring (bicyclic) bond motifs is 3. The van der Waals surface area contributed by atoms with Gasteiger partial charge in [0, 0.05) is 57.9 Å². The van der Waals surface area contributed by atoms with E-state index in [4.69, 9.17) is 4.84 Å². The van der Waals surface area contributed by atoms with E-state index in [2.05, 4.69) is 16.6 Å². The Kier molecular flexibility index (Phi) is 6.61. The minimum Gasteiger partial charge on any atom is -0.508 e. The molecule has 5 rings (SSSR count). The molecule has 0 atom stereocenters. The molecule has 0 spiro atoms. The summed E-state index contributed by atoms with van der Waals surface area (Å²) in [6, 6.07) is 17.3. The molecule has 1 saturated carbocycles. The average molecular weight is 497 g/mol. The van der Waals surface area contributed by atoms with Gasteiger partial charge in [0.05, 0.1) is 0 Å². The average Bonchev–Trinajstić information content (AvgIpc) is 3.54. The van der Waals surface area contributed by atoms with E-state index in [0.29, 0.717) is 16.7 Å². The SMILES string of the molecule is CCn1c2ccc(C(=O)/C(=N/OC(C)=O)C3CCCC3)cc2c2cc(C(=O)c3ccc(O)cc3)ccc21. The molecule has 0 bridgehead atoms. The Morgan fingerprint density at radius 3 is 2.05 bits per heavy atom. The highest BCUT2D eigenvalue weighted by atomic mass is 16.7. The van der Waals surface area contributed by atoms with Crippen molar-refractivity contribution >= 4 is 45.1 Å². The van der Waals surface area contributed by atoms with Crippen LogP contribution in [0.4, 0.5) is 0 Å². The lowest BCUT2D eigenvalue weighted by Gasteiger charge is -2.12. The molecule has 7 heteroatoms. The van der Waals surface area contributed by atoms with Gasteiger partial charge in [0.15, 0.2) is 5.78 Å². The standard InChI is InChI=1S/C30H28N2O5/c1-3-32-26-14-10-21(29(35)20-8-12-23(34)13-9-20)16-24(26)25-17-22(11-15-27(25)32)30(36)28(31-37-18(2)33)19-6-4-5-7-19/h8-17,19,34H,3-7H2,1-2H3/b31-28+. The second-order valence-corrected chi connectivity index (χ2v) is 9.45. The van der Waals surface area contributed by atoms with E-state index < -0.39 is 5.97 Å². The molecule has 1 aromatic heterocycles. The number of carbonyl (C=O) groups excluding carboxylic acids is 3. The molecular weight excluding hydrogens is 468 g/mol. The molecule has 1 fully saturated rings. The number of hydrogen-bond donors (Lipinski definition) is 1. The summed E-state index contributed by atoms with van der Waals surface area (Å²) in [4.78, 5) is 43.0. The van der Waals surface area contributed by atoms with Crippen molar-refractivity contribution in [1.82, 2.24) is 4.57 Å². The van der Waals surface area contributed by atoms with Gasteiger partial charge >= 0.3 is 5.97 Å². The molecule has 1 N–H and O–H groups in total. The Morgan fingerprint density at radius 1 is 0.892 bits per heavy atom. The van der Waals surface area contributed by atoms with Gasteiger partial charge < -0.3 is 14.5 Å². The first-order valence-corrected chi connectivity index (χ1v) is 12.6. The number of aryl methyl sites for hydroxylation is 1. The summed E-state index contributed by atoms with van der Waals surface area (Å²) in [5.41, 5.74) is 3.69. The molecule has 1 aliphatic carbocycles. The summed E-state index contributed by atoms with van der Waals surface area (Å²) in [5.74, 6) is -0.888. The fraction of sp³-hybridized carbons (Fsp3) is 0.267. The third kappa shape index (κ3) is 4.65. The van der Waals surface area contributed by atoms with Crippen LogP contribution in [0.3, 0.4) is 0 Å². The van der Waals surface area contributed by atoms with Crippen LogP contribution in [0.2, 0.25) is 0 Å². The van der Waals surface area contributed by atoms with Crippen molar-refractivity contribution < 1.29 is 24.3 Å². The van der Waals surface area contributed by atoms with E-state index in [1.54, 1.807) is 24.3 Å². The van der Waals surface area contributed by atoms with Crippen molar-refractivity contribution in [3.63, 3.8) is 0 Å². The summed E-state index contributed by atoms with van der Waals surface area (Å²) in [6.07, 6.45) is 3.70. The summed E-state index contributed by atoms with van der Waals surface area (Å²) in [5, 5.41) is 15.3. The highest BCUT2D eigenvalue weighted by Gasteiger charge is 2.28. The van der Waals surface area contributed by atoms with E-state index in [9.17, 15) is 19.5 Å². The van der Waals surface area contributed by atoms with E-state index in [-0.39, 0.29) is 28.9 Å². The van der Waals surface area contributed by atoms with Gasteiger partial charge in [-0.15, -0.1) is 0 Å². The molecule has 0 radical (unpaired) electrons. The van der Waals surface area contributed by atoms with Crippen molar-refractivity contribution in [1.29, 1.82) is 0 Å². The van der Waals surface area contributed by atoms with E-state index in [1.165, 1.54) is 19.1 Å². The first kappa shape index (κ1) is 24.4. The van der Waals surface area contributed by atoms with Gasteiger partial charge in [-0.05, 0) is 80.4 Å². The summed E-state index contributed by atoms with van der Waals surface area (Å²) < 4.78 is 2.15. The first-order valence-electron chi connectivity index (χ1n) is 12.6. The number of carbonyl (C=O) groups is 3. The Hall–Kier alpha value is -4.26. The number of phenols is 1. The van der Waals surface area contributed by atoms with Gasteiger partial charge in [-0.2, -0.15) is 0 Å². The first-order chi connectivity index (χ1) is 17.9. The number of aromatic hydroxyl groups is 1. The van der Waals surface area contributed by atoms with Crippen molar-refractivity contribution in [3.8, 4) is 5.75 Å². The second-order valence-electron chi connectivity index (χ2n) is 9.45. The molecule has 3 aromatic carbocycles. The monoisotopic (exact) mass is 496 g/mol. The van der Waals surface area contributed by atoms with Crippen LogP contribution >= 0.6 is 0 Å². The zero-order valence-corrected chi connectivity index (χ0v) is 20.9. The Labute approximate surface area is 214 Å². The molecular formula is C30H28N2O5. The highest BCUT2D eigenvalue weighted by molar-refractivity contribution is 6.47. The fourth-order valence-electron chi connectivity index (χ4n) is 5.27. The van der Waals surface area contributed by atoms with Gasteiger partial charge in [-0.25, -0.2) is 4.79 Å². The van der Waals surface area contributed by atoms with E-state index in [0.717, 1.165) is 54.0 Å². The summed E-state index contributed by atoms with van der Waals surface area (Å²) in [7, 11) is 0. The number of oxime groups is 1. The smallest absolute Gasteiger partial charge is 0.331 e. The highest BCUT2D eigenvalue weighted by Crippen LogP contribution is 2.33. The van der Waals surface area contributed by atoms with Crippen LogP contribution in [-0.2, 0) is 16.2 Å². The van der Waals surface area contributed by atoms with Crippen LogP contribution in [0, 0.1) is 5.92 Å². The fourth-order valence-corrected chi connectivity index (χ4v) is 5.27. The summed E-state index contributed by atoms with van der Waals surface area (Å²) >= 11 is 0. The minimum absolute atomic E-state index is 0.0333. The maximum absolute atomic E-state index is 13.6. The second kappa shape index (κ2) is 10.0. The molecule has 37 heavy (non-hydrogen) atoms. The largest absolute Gasteiger partial charge is 0.508 e. The lowest BCUT2D eigenvalue weighted by atomic mass is 9.93. The third-order valence-corrected chi connectivity index (χ3v) is 7.08.